The van der Waals surface area contributed by atoms with Crippen LogP contribution in [0.15, 0.2) is 11.4 Å². The second-order valence-corrected chi connectivity index (χ2v) is 6.79. The lowest BCUT2D eigenvalue weighted by molar-refractivity contribution is 0.373. The van der Waals surface area contributed by atoms with E-state index in [1.165, 1.54) is 41.2 Å². The van der Waals surface area contributed by atoms with Crippen molar-refractivity contribution in [2.24, 2.45) is 11.8 Å². The fraction of sp³-hybridized carbons (Fsp3) is 0.667. The van der Waals surface area contributed by atoms with E-state index < -0.39 is 0 Å². The number of thioether (sulfide) groups is 1. The van der Waals surface area contributed by atoms with Gasteiger partial charge >= 0.3 is 0 Å². The molecule has 2 heterocycles. The second-order valence-electron chi connectivity index (χ2n) is 4.44. The van der Waals surface area contributed by atoms with E-state index in [1.807, 2.05) is 11.3 Å². The van der Waals surface area contributed by atoms with Gasteiger partial charge in [0.05, 0.1) is 0 Å². The van der Waals surface area contributed by atoms with Crippen molar-refractivity contribution in [2.45, 2.75) is 32.2 Å². The highest BCUT2D eigenvalue weighted by molar-refractivity contribution is 7.99. The molecule has 90 valence electrons. The topological polar surface area (TPSA) is 38.0 Å². The summed E-state index contributed by atoms with van der Waals surface area (Å²) < 4.78 is 0. The maximum absolute atomic E-state index is 5.70. The average molecular weight is 256 g/mol. The number of hydrogen-bond acceptors (Lipinski definition) is 4. The van der Waals surface area contributed by atoms with Gasteiger partial charge in [-0.05, 0) is 60.6 Å². The van der Waals surface area contributed by atoms with Gasteiger partial charge in [-0.2, -0.15) is 11.8 Å². The van der Waals surface area contributed by atoms with Crippen molar-refractivity contribution in [3.8, 4) is 0 Å². The molecule has 0 bridgehead atoms. The first-order valence-corrected chi connectivity index (χ1v) is 7.92. The van der Waals surface area contributed by atoms with Gasteiger partial charge in [0.2, 0.25) is 0 Å². The summed E-state index contributed by atoms with van der Waals surface area (Å²) >= 11 is 3.89. The monoisotopic (exact) mass is 256 g/mol. The molecule has 2 rings (SSSR count). The second kappa shape index (κ2) is 6.05. The summed E-state index contributed by atoms with van der Waals surface area (Å²) in [6, 6.07) is 2.56. The molecule has 1 aliphatic heterocycles. The number of nitrogens with one attached hydrogen (secondary N) is 1. The minimum absolute atomic E-state index is 0.347. The zero-order chi connectivity index (χ0) is 11.4. The molecule has 0 radical (unpaired) electrons. The molecule has 4 heteroatoms. The van der Waals surface area contributed by atoms with E-state index in [2.05, 4.69) is 35.6 Å². The number of aryl methyl sites for hydroxylation is 1. The van der Waals surface area contributed by atoms with Gasteiger partial charge in [-0.1, -0.05) is 0 Å². The van der Waals surface area contributed by atoms with E-state index in [-0.39, 0.29) is 0 Å². The molecule has 0 aliphatic carbocycles. The quantitative estimate of drug-likeness (QED) is 0.642. The Labute approximate surface area is 106 Å². The first-order valence-electron chi connectivity index (χ1n) is 5.89. The molecule has 2 nitrogen and oxygen atoms in total. The Balaban J connectivity index is 1.97. The predicted octanol–water partition coefficient (Wildman–Crippen LogP) is 3.09. The van der Waals surface area contributed by atoms with Crippen LogP contribution in [-0.4, -0.2) is 11.5 Å². The largest absolute Gasteiger partial charge is 0.271 e. The van der Waals surface area contributed by atoms with Gasteiger partial charge in [-0.15, -0.1) is 11.3 Å². The third kappa shape index (κ3) is 3.00. The molecule has 0 saturated carbocycles. The summed E-state index contributed by atoms with van der Waals surface area (Å²) in [5, 5.41) is 2.16. The van der Waals surface area contributed by atoms with Crippen LogP contribution in [0, 0.1) is 12.8 Å². The van der Waals surface area contributed by atoms with Crippen LogP contribution in [-0.2, 0) is 0 Å². The molecule has 1 atom stereocenters. The maximum atomic E-state index is 5.70. The molecule has 1 aliphatic rings. The van der Waals surface area contributed by atoms with Gasteiger partial charge in [-0.3, -0.25) is 11.3 Å². The summed E-state index contributed by atoms with van der Waals surface area (Å²) in [5.41, 5.74) is 4.39. The van der Waals surface area contributed by atoms with E-state index in [0.29, 0.717) is 6.04 Å². The highest BCUT2D eigenvalue weighted by Gasteiger charge is 2.20. The Bertz CT molecular complexity index is 319. The summed E-state index contributed by atoms with van der Waals surface area (Å²) in [5.74, 6) is 9.20. The van der Waals surface area contributed by atoms with Crippen LogP contribution in [0.4, 0.5) is 0 Å². The number of rotatable bonds is 4. The van der Waals surface area contributed by atoms with Crippen LogP contribution < -0.4 is 11.3 Å². The molecule has 0 spiro atoms. The molecular weight excluding hydrogens is 236 g/mol. The van der Waals surface area contributed by atoms with E-state index in [0.717, 1.165) is 5.92 Å². The molecular formula is C12H20N2S2. The molecule has 1 aromatic heterocycles. The molecule has 0 amide bonds. The highest BCUT2D eigenvalue weighted by atomic mass is 32.2. The predicted molar refractivity (Wildman–Crippen MR) is 73.8 cm³/mol. The van der Waals surface area contributed by atoms with E-state index >= 15 is 0 Å². The summed E-state index contributed by atoms with van der Waals surface area (Å²) in [6.07, 6.45) is 3.90. The molecule has 16 heavy (non-hydrogen) atoms. The number of hydrazine groups is 1. The van der Waals surface area contributed by atoms with Crippen molar-refractivity contribution in [3.63, 3.8) is 0 Å². The fourth-order valence-corrected chi connectivity index (χ4v) is 4.33. The van der Waals surface area contributed by atoms with E-state index in [1.54, 1.807) is 0 Å². The van der Waals surface area contributed by atoms with Gasteiger partial charge in [0.1, 0.15) is 0 Å². The maximum Gasteiger partial charge on any atom is 0.0473 e. The molecule has 0 aromatic carbocycles. The van der Waals surface area contributed by atoms with Crippen molar-refractivity contribution in [2.75, 3.05) is 11.5 Å². The van der Waals surface area contributed by atoms with E-state index in [9.17, 15) is 0 Å². The first-order chi connectivity index (χ1) is 7.81. The van der Waals surface area contributed by atoms with Gasteiger partial charge in [0.25, 0.3) is 0 Å². The van der Waals surface area contributed by atoms with Crippen molar-refractivity contribution in [1.82, 2.24) is 5.43 Å². The Morgan fingerprint density at radius 1 is 1.50 bits per heavy atom. The highest BCUT2D eigenvalue weighted by Crippen LogP contribution is 2.32. The van der Waals surface area contributed by atoms with Crippen LogP contribution in [0.25, 0.3) is 0 Å². The molecule has 1 saturated heterocycles. The number of hydrogen-bond donors (Lipinski definition) is 2. The van der Waals surface area contributed by atoms with Crippen LogP contribution in [0.5, 0.6) is 0 Å². The van der Waals surface area contributed by atoms with Crippen molar-refractivity contribution in [1.29, 1.82) is 0 Å². The standard InChI is InChI=1S/C12H20N2S2/c1-9-11(4-7-16-9)12(14-13)8-10-2-5-15-6-3-10/h4,7,10,12,14H,2-3,5-6,8,13H2,1H3. The summed E-state index contributed by atoms with van der Waals surface area (Å²) in [7, 11) is 0. The lowest BCUT2D eigenvalue weighted by Crippen LogP contribution is -2.30. The van der Waals surface area contributed by atoms with Crippen molar-refractivity contribution < 1.29 is 0 Å². The van der Waals surface area contributed by atoms with Gasteiger partial charge in [0.15, 0.2) is 0 Å². The van der Waals surface area contributed by atoms with E-state index in [4.69, 9.17) is 5.84 Å². The average Bonchev–Trinajstić information content (AvgIpc) is 2.74. The Morgan fingerprint density at radius 2 is 2.25 bits per heavy atom. The molecule has 1 unspecified atom stereocenters. The Morgan fingerprint density at radius 3 is 2.81 bits per heavy atom. The summed E-state index contributed by atoms with van der Waals surface area (Å²) in [6.45, 7) is 2.18. The normalized spacial score (nSPS) is 19.9. The smallest absolute Gasteiger partial charge is 0.0473 e. The van der Waals surface area contributed by atoms with Crippen LogP contribution >= 0.6 is 23.1 Å². The third-order valence-electron chi connectivity index (χ3n) is 3.39. The number of nitrogens with two attached hydrogens (primary N) is 1. The minimum atomic E-state index is 0.347. The SMILES string of the molecule is Cc1sccc1C(CC1CCSCC1)NN. The third-order valence-corrected chi connectivity index (χ3v) is 5.30. The molecule has 1 fully saturated rings. The van der Waals surface area contributed by atoms with Crippen LogP contribution in [0.1, 0.15) is 35.7 Å². The zero-order valence-corrected chi connectivity index (χ0v) is 11.4. The fourth-order valence-electron chi connectivity index (χ4n) is 2.36. The lowest BCUT2D eigenvalue weighted by Gasteiger charge is -2.26. The van der Waals surface area contributed by atoms with Crippen LogP contribution in [0.2, 0.25) is 0 Å². The van der Waals surface area contributed by atoms with Gasteiger partial charge < -0.3 is 0 Å². The van der Waals surface area contributed by atoms with Gasteiger partial charge in [-0.25, -0.2) is 0 Å². The van der Waals surface area contributed by atoms with Crippen molar-refractivity contribution >= 4 is 23.1 Å². The van der Waals surface area contributed by atoms with Crippen LogP contribution in [0.3, 0.4) is 0 Å². The first kappa shape index (κ1) is 12.4. The molecule has 1 aromatic rings. The minimum Gasteiger partial charge on any atom is -0.271 e. The lowest BCUT2D eigenvalue weighted by atomic mass is 9.91. The zero-order valence-electron chi connectivity index (χ0n) is 9.74. The molecule has 3 N–H and O–H groups in total. The van der Waals surface area contributed by atoms with Crippen molar-refractivity contribution in [3.05, 3.63) is 21.9 Å². The summed E-state index contributed by atoms with van der Waals surface area (Å²) in [4.78, 5) is 1.40. The Hall–Kier alpha value is -0.0300. The number of thiophene rings is 1. The Kier molecular flexibility index (Phi) is 4.70. The van der Waals surface area contributed by atoms with Gasteiger partial charge in [0, 0.05) is 10.9 Å².